The van der Waals surface area contributed by atoms with Crippen molar-refractivity contribution in [3.05, 3.63) is 64.9 Å². The highest BCUT2D eigenvalue weighted by atomic mass is 35.5. The van der Waals surface area contributed by atoms with E-state index in [0.29, 0.717) is 6.54 Å². The highest BCUT2D eigenvalue weighted by Crippen LogP contribution is 2.24. The zero-order chi connectivity index (χ0) is 21.0. The second-order valence-corrected chi connectivity index (χ2v) is 7.26. The van der Waals surface area contributed by atoms with Crippen LogP contribution in [-0.4, -0.2) is 35.3 Å². The summed E-state index contributed by atoms with van der Waals surface area (Å²) < 4.78 is 18.3. The minimum atomic E-state index is -1.10. The van der Waals surface area contributed by atoms with E-state index in [0.717, 1.165) is 17.7 Å². The maximum atomic E-state index is 13.1. The summed E-state index contributed by atoms with van der Waals surface area (Å²) in [7, 11) is 0. The lowest BCUT2D eigenvalue weighted by atomic mass is 10.1. The van der Waals surface area contributed by atoms with Gasteiger partial charge in [-0.1, -0.05) is 41.9 Å². The number of halogens is 2. The molecule has 6 nitrogen and oxygen atoms in total. The Kier molecular flexibility index (Phi) is 6.49. The third-order valence-corrected chi connectivity index (χ3v) is 4.93. The average Bonchev–Trinajstić information content (AvgIpc) is 3.05. The number of nitrogens with one attached hydrogen (secondary N) is 1. The van der Waals surface area contributed by atoms with Crippen LogP contribution in [0.4, 0.5) is 10.1 Å². The van der Waals surface area contributed by atoms with E-state index in [-0.39, 0.29) is 29.6 Å². The fourth-order valence-corrected chi connectivity index (χ4v) is 3.25. The first-order valence-electron chi connectivity index (χ1n) is 9.11. The van der Waals surface area contributed by atoms with Gasteiger partial charge in [0.15, 0.2) is 6.10 Å². The van der Waals surface area contributed by atoms with Crippen LogP contribution in [0.1, 0.15) is 18.9 Å². The summed E-state index contributed by atoms with van der Waals surface area (Å²) in [5, 5.41) is 2.53. The van der Waals surface area contributed by atoms with Gasteiger partial charge in [-0.3, -0.25) is 14.4 Å². The number of amides is 2. The average molecular weight is 419 g/mol. The molecule has 29 heavy (non-hydrogen) atoms. The summed E-state index contributed by atoms with van der Waals surface area (Å²) in [4.78, 5) is 38.5. The Morgan fingerprint density at radius 2 is 2.00 bits per heavy atom. The van der Waals surface area contributed by atoms with Crippen LogP contribution in [0.25, 0.3) is 0 Å². The fourth-order valence-electron chi connectivity index (χ4n) is 3.04. The second kappa shape index (κ2) is 9.05. The van der Waals surface area contributed by atoms with Gasteiger partial charge in [-0.05, 0) is 30.7 Å². The Labute approximate surface area is 172 Å². The smallest absolute Gasteiger partial charge is 0.312 e. The molecule has 0 spiro atoms. The SMILES string of the molecule is C[C@H](OC(=O)[C@H]1CC(=O)N(Cc2ccccc2)C1)C(=O)Nc1ccc(F)cc1Cl. The van der Waals surface area contributed by atoms with Gasteiger partial charge in [0.25, 0.3) is 5.91 Å². The van der Waals surface area contributed by atoms with Crippen molar-refractivity contribution in [3.8, 4) is 0 Å². The summed E-state index contributed by atoms with van der Waals surface area (Å²) in [5.74, 6) is -2.50. The van der Waals surface area contributed by atoms with Crippen LogP contribution < -0.4 is 5.32 Å². The molecule has 1 aliphatic heterocycles. The van der Waals surface area contributed by atoms with E-state index in [9.17, 15) is 18.8 Å². The number of hydrogen-bond acceptors (Lipinski definition) is 4. The fraction of sp³-hybridized carbons (Fsp3) is 0.286. The Balaban J connectivity index is 1.54. The first kappa shape index (κ1) is 20.8. The van der Waals surface area contributed by atoms with Crippen LogP contribution in [0.15, 0.2) is 48.5 Å². The monoisotopic (exact) mass is 418 g/mol. The molecule has 2 amide bonds. The quantitative estimate of drug-likeness (QED) is 0.729. The number of rotatable bonds is 6. The molecule has 8 heteroatoms. The van der Waals surface area contributed by atoms with Crippen LogP contribution >= 0.6 is 11.6 Å². The van der Waals surface area contributed by atoms with Crippen molar-refractivity contribution in [3.63, 3.8) is 0 Å². The van der Waals surface area contributed by atoms with Crippen molar-refractivity contribution < 1.29 is 23.5 Å². The lowest BCUT2D eigenvalue weighted by Gasteiger charge is -2.18. The molecule has 0 unspecified atom stereocenters. The van der Waals surface area contributed by atoms with Crippen molar-refractivity contribution in [1.29, 1.82) is 0 Å². The molecule has 1 N–H and O–H groups in total. The minimum absolute atomic E-state index is 0.0369. The number of hydrogen-bond donors (Lipinski definition) is 1. The van der Waals surface area contributed by atoms with Gasteiger partial charge in [-0.2, -0.15) is 0 Å². The molecular formula is C21H20ClFN2O4. The van der Waals surface area contributed by atoms with Gasteiger partial charge in [0.05, 0.1) is 16.6 Å². The molecule has 1 saturated heterocycles. The second-order valence-electron chi connectivity index (χ2n) is 6.85. The number of anilines is 1. The first-order chi connectivity index (χ1) is 13.8. The van der Waals surface area contributed by atoms with Gasteiger partial charge in [0.2, 0.25) is 5.91 Å². The maximum absolute atomic E-state index is 13.1. The third kappa shape index (κ3) is 5.32. The van der Waals surface area contributed by atoms with E-state index >= 15 is 0 Å². The molecule has 1 heterocycles. The summed E-state index contributed by atoms with van der Waals surface area (Å²) in [5.41, 5.74) is 1.19. The zero-order valence-corrected chi connectivity index (χ0v) is 16.5. The number of ether oxygens (including phenoxy) is 1. The van der Waals surface area contributed by atoms with Gasteiger partial charge < -0.3 is 15.0 Å². The van der Waals surface area contributed by atoms with Crippen molar-refractivity contribution in [2.75, 3.05) is 11.9 Å². The molecule has 1 aliphatic rings. The van der Waals surface area contributed by atoms with E-state index in [1.807, 2.05) is 30.3 Å². The van der Waals surface area contributed by atoms with Crippen molar-refractivity contribution in [1.82, 2.24) is 4.90 Å². The molecule has 2 aromatic rings. The number of carbonyl (C=O) groups is 3. The predicted octanol–water partition coefficient (Wildman–Crippen LogP) is 3.40. The number of carbonyl (C=O) groups excluding carboxylic acids is 3. The van der Waals surface area contributed by atoms with Crippen LogP contribution in [0.5, 0.6) is 0 Å². The topological polar surface area (TPSA) is 75.7 Å². The van der Waals surface area contributed by atoms with Gasteiger partial charge in [0, 0.05) is 19.5 Å². The molecule has 2 aromatic carbocycles. The van der Waals surface area contributed by atoms with E-state index in [1.165, 1.54) is 13.0 Å². The molecule has 3 rings (SSSR count). The number of esters is 1. The normalized spacial score (nSPS) is 17.1. The van der Waals surface area contributed by atoms with Gasteiger partial charge in [-0.15, -0.1) is 0 Å². The van der Waals surface area contributed by atoms with E-state index in [2.05, 4.69) is 5.32 Å². The molecule has 1 fully saturated rings. The Hall–Kier alpha value is -2.93. The van der Waals surface area contributed by atoms with E-state index in [4.69, 9.17) is 16.3 Å². The van der Waals surface area contributed by atoms with Crippen molar-refractivity contribution in [2.24, 2.45) is 5.92 Å². The number of likely N-dealkylation sites (tertiary alicyclic amines) is 1. The minimum Gasteiger partial charge on any atom is -0.452 e. The molecule has 0 radical (unpaired) electrons. The lowest BCUT2D eigenvalue weighted by Crippen LogP contribution is -2.33. The summed E-state index contributed by atoms with van der Waals surface area (Å²) in [6, 6.07) is 13.0. The van der Waals surface area contributed by atoms with Gasteiger partial charge in [0.1, 0.15) is 5.82 Å². The molecule has 152 valence electrons. The first-order valence-corrected chi connectivity index (χ1v) is 9.49. The highest BCUT2D eigenvalue weighted by molar-refractivity contribution is 6.33. The Morgan fingerprint density at radius 1 is 1.28 bits per heavy atom. The van der Waals surface area contributed by atoms with Crippen LogP contribution in [0.2, 0.25) is 5.02 Å². The number of nitrogens with zero attached hydrogens (tertiary/aromatic N) is 1. The van der Waals surface area contributed by atoms with Crippen LogP contribution in [0.3, 0.4) is 0 Å². The molecule has 0 aliphatic carbocycles. The summed E-state index contributed by atoms with van der Waals surface area (Å²) >= 11 is 5.88. The standard InChI is InChI=1S/C21H20ClFN2O4/c1-13(20(27)24-18-8-7-16(23)10-17(18)22)29-21(28)15-9-19(26)25(12-15)11-14-5-3-2-4-6-14/h2-8,10,13,15H,9,11-12H2,1H3,(H,24,27)/t13-,15-/m0/s1. The number of benzene rings is 2. The van der Waals surface area contributed by atoms with Gasteiger partial charge in [-0.25, -0.2) is 4.39 Å². The van der Waals surface area contributed by atoms with Crippen LogP contribution in [-0.2, 0) is 25.7 Å². The Bertz CT molecular complexity index is 922. The Morgan fingerprint density at radius 3 is 2.69 bits per heavy atom. The highest BCUT2D eigenvalue weighted by Gasteiger charge is 2.36. The molecule has 2 atom stereocenters. The largest absolute Gasteiger partial charge is 0.452 e. The summed E-state index contributed by atoms with van der Waals surface area (Å²) in [6.45, 7) is 2.08. The van der Waals surface area contributed by atoms with E-state index in [1.54, 1.807) is 4.90 Å². The van der Waals surface area contributed by atoms with Crippen molar-refractivity contribution >= 4 is 35.1 Å². The lowest BCUT2D eigenvalue weighted by molar-refractivity contribution is -0.157. The van der Waals surface area contributed by atoms with Gasteiger partial charge >= 0.3 is 5.97 Å². The molecule has 0 bridgehead atoms. The van der Waals surface area contributed by atoms with E-state index < -0.39 is 29.7 Å². The summed E-state index contributed by atoms with van der Waals surface area (Å²) in [6.07, 6.45) is -1.05. The van der Waals surface area contributed by atoms with Crippen LogP contribution in [0, 0.1) is 11.7 Å². The molecular weight excluding hydrogens is 399 g/mol. The third-order valence-electron chi connectivity index (χ3n) is 4.62. The zero-order valence-electron chi connectivity index (χ0n) is 15.7. The van der Waals surface area contributed by atoms with Crippen molar-refractivity contribution in [2.45, 2.75) is 26.0 Å². The maximum Gasteiger partial charge on any atom is 0.312 e. The molecule has 0 aromatic heterocycles. The molecule has 0 saturated carbocycles. The predicted molar refractivity (Wildman–Crippen MR) is 106 cm³/mol.